The average molecular weight is 195 g/mol. The van der Waals surface area contributed by atoms with E-state index in [0.29, 0.717) is 5.76 Å². The van der Waals surface area contributed by atoms with Crippen LogP contribution in [0.1, 0.15) is 5.76 Å². The Morgan fingerprint density at radius 2 is 2.36 bits per heavy atom. The van der Waals surface area contributed by atoms with Gasteiger partial charge in [0.25, 0.3) is 0 Å². The maximum Gasteiger partial charge on any atom is 0.364 e. The molecule has 1 rings (SSSR count). The van der Waals surface area contributed by atoms with Crippen LogP contribution in [-0.4, -0.2) is 18.2 Å². The Bertz CT molecular complexity index is 350. The lowest BCUT2D eigenvalue weighted by atomic mass is 10.5. The summed E-state index contributed by atoms with van der Waals surface area (Å²) < 4.78 is 4.91. The molecule has 0 bridgehead atoms. The van der Waals surface area contributed by atoms with Crippen molar-refractivity contribution in [2.24, 2.45) is 21.6 Å². The molecule has 1 heterocycles. The smallest absolute Gasteiger partial charge is 0.364 e. The molecule has 0 aromatic carbocycles. The third-order valence-electron chi connectivity index (χ3n) is 1.13. The van der Waals surface area contributed by atoms with Gasteiger partial charge in [-0.15, -0.1) is 0 Å². The number of rotatable bonds is 2. The van der Waals surface area contributed by atoms with Gasteiger partial charge < -0.3 is 15.9 Å². The Labute approximate surface area is 79.5 Å². The molecule has 1 aromatic rings. The number of amides is 2. The number of carbonyl (C=O) groups is 1. The second-order valence-electron chi connectivity index (χ2n) is 2.23. The van der Waals surface area contributed by atoms with Gasteiger partial charge in [0.05, 0.1) is 12.5 Å². The summed E-state index contributed by atoms with van der Waals surface area (Å²) in [4.78, 5) is 14.0. The molecule has 0 aliphatic heterocycles. The highest BCUT2D eigenvalue weighted by Gasteiger charge is 1.94. The molecule has 0 saturated heterocycles. The number of carbonyl (C=O) groups excluding carboxylic acids is 1. The van der Waals surface area contributed by atoms with Crippen LogP contribution in [0.4, 0.5) is 4.79 Å². The van der Waals surface area contributed by atoms with Crippen molar-refractivity contribution in [2.45, 2.75) is 0 Å². The first kappa shape index (κ1) is 9.78. The molecule has 14 heavy (non-hydrogen) atoms. The summed E-state index contributed by atoms with van der Waals surface area (Å²) >= 11 is 0. The van der Waals surface area contributed by atoms with Crippen molar-refractivity contribution < 1.29 is 9.21 Å². The molecule has 0 unspecified atom stereocenters. The summed E-state index contributed by atoms with van der Waals surface area (Å²) in [5, 5.41) is 3.53. The number of nitrogens with two attached hydrogens (primary N) is 2. The molecule has 2 amide bonds. The molecule has 0 aliphatic carbocycles. The van der Waals surface area contributed by atoms with E-state index < -0.39 is 6.03 Å². The van der Waals surface area contributed by atoms with E-state index in [1.54, 1.807) is 12.1 Å². The van der Waals surface area contributed by atoms with E-state index in [2.05, 4.69) is 15.5 Å². The van der Waals surface area contributed by atoms with Crippen LogP contribution in [0.2, 0.25) is 0 Å². The zero-order chi connectivity index (χ0) is 10.4. The van der Waals surface area contributed by atoms with Crippen molar-refractivity contribution in [3.63, 3.8) is 0 Å². The number of hydrogen-bond acceptors (Lipinski definition) is 3. The van der Waals surface area contributed by atoms with Gasteiger partial charge in [-0.2, -0.15) is 10.1 Å². The van der Waals surface area contributed by atoms with Gasteiger partial charge in [0.2, 0.25) is 0 Å². The standard InChI is InChI=1S/C7H9N5O2/c8-6(9)11-7(13)12-10-4-5-2-1-3-14-5/h1-4H,(H5,8,9,11,12,13)/b10-4+. The van der Waals surface area contributed by atoms with Crippen molar-refractivity contribution in [3.05, 3.63) is 24.2 Å². The highest BCUT2D eigenvalue weighted by atomic mass is 16.3. The van der Waals surface area contributed by atoms with Gasteiger partial charge in [-0.05, 0) is 12.1 Å². The van der Waals surface area contributed by atoms with Crippen LogP contribution in [0.15, 0.2) is 32.9 Å². The number of urea groups is 1. The Balaban J connectivity index is 2.41. The lowest BCUT2D eigenvalue weighted by Crippen LogP contribution is -2.26. The summed E-state index contributed by atoms with van der Waals surface area (Å²) in [5.74, 6) is 0.186. The SMILES string of the molecule is NC(N)=NC(=O)N/N=C/c1ccco1. The van der Waals surface area contributed by atoms with Crippen LogP contribution >= 0.6 is 0 Å². The van der Waals surface area contributed by atoms with Gasteiger partial charge in [0, 0.05) is 0 Å². The molecule has 7 heteroatoms. The fourth-order valence-corrected chi connectivity index (χ4v) is 0.658. The highest BCUT2D eigenvalue weighted by molar-refractivity contribution is 5.90. The minimum absolute atomic E-state index is 0.323. The van der Waals surface area contributed by atoms with Crippen LogP contribution < -0.4 is 16.9 Å². The van der Waals surface area contributed by atoms with Crippen LogP contribution in [0.25, 0.3) is 0 Å². The summed E-state index contributed by atoms with van der Waals surface area (Å²) in [6.07, 6.45) is 2.80. The molecule has 0 aliphatic rings. The number of hydrazone groups is 1. The van der Waals surface area contributed by atoms with Crippen molar-refractivity contribution >= 4 is 18.2 Å². The fraction of sp³-hybridized carbons (Fsp3) is 0. The van der Waals surface area contributed by atoms with Gasteiger partial charge in [-0.1, -0.05) is 0 Å². The van der Waals surface area contributed by atoms with E-state index in [1.165, 1.54) is 12.5 Å². The zero-order valence-corrected chi connectivity index (χ0v) is 7.18. The first-order chi connectivity index (χ1) is 6.68. The van der Waals surface area contributed by atoms with Gasteiger partial charge in [-0.25, -0.2) is 10.2 Å². The predicted molar refractivity (Wildman–Crippen MR) is 50.6 cm³/mol. The van der Waals surface area contributed by atoms with Gasteiger partial charge >= 0.3 is 6.03 Å². The van der Waals surface area contributed by atoms with Crippen molar-refractivity contribution in [3.8, 4) is 0 Å². The molecule has 1 aromatic heterocycles. The number of nitrogens with one attached hydrogen (secondary N) is 1. The topological polar surface area (TPSA) is 119 Å². The molecular formula is C7H9N5O2. The zero-order valence-electron chi connectivity index (χ0n) is 7.18. The van der Waals surface area contributed by atoms with E-state index in [9.17, 15) is 4.79 Å². The maximum absolute atomic E-state index is 10.8. The fourth-order valence-electron chi connectivity index (χ4n) is 0.658. The number of guanidine groups is 1. The molecule has 0 fully saturated rings. The molecule has 0 radical (unpaired) electrons. The average Bonchev–Trinajstić information content (AvgIpc) is 2.55. The van der Waals surface area contributed by atoms with E-state index in [4.69, 9.17) is 15.9 Å². The minimum atomic E-state index is -0.743. The molecular weight excluding hydrogens is 186 g/mol. The van der Waals surface area contributed by atoms with Crippen LogP contribution in [-0.2, 0) is 0 Å². The largest absolute Gasteiger partial charge is 0.463 e. The lowest BCUT2D eigenvalue weighted by Gasteiger charge is -1.91. The van der Waals surface area contributed by atoms with E-state index in [0.717, 1.165) is 0 Å². The van der Waals surface area contributed by atoms with Crippen LogP contribution in [0.5, 0.6) is 0 Å². The maximum atomic E-state index is 10.8. The monoisotopic (exact) mass is 195 g/mol. The molecule has 74 valence electrons. The third kappa shape index (κ3) is 3.39. The van der Waals surface area contributed by atoms with Gasteiger partial charge in [-0.3, -0.25) is 0 Å². The summed E-state index contributed by atoms with van der Waals surface area (Å²) in [5.41, 5.74) is 12.0. The number of aliphatic imine (C=N–C) groups is 1. The second kappa shape index (κ2) is 4.65. The van der Waals surface area contributed by atoms with E-state index in [-0.39, 0.29) is 5.96 Å². The molecule has 7 nitrogen and oxygen atoms in total. The van der Waals surface area contributed by atoms with Crippen molar-refractivity contribution in [1.29, 1.82) is 0 Å². The number of nitrogens with zero attached hydrogens (tertiary/aromatic N) is 2. The Morgan fingerprint density at radius 3 is 2.93 bits per heavy atom. The Hall–Kier alpha value is -2.31. The molecule has 0 saturated carbocycles. The number of furan rings is 1. The first-order valence-corrected chi connectivity index (χ1v) is 3.64. The van der Waals surface area contributed by atoms with Gasteiger partial charge in [0.1, 0.15) is 5.76 Å². The minimum Gasteiger partial charge on any atom is -0.463 e. The highest BCUT2D eigenvalue weighted by Crippen LogP contribution is 1.94. The normalized spacial score (nSPS) is 10.0. The number of hydrogen-bond donors (Lipinski definition) is 3. The van der Waals surface area contributed by atoms with Crippen molar-refractivity contribution in [1.82, 2.24) is 5.43 Å². The van der Waals surface area contributed by atoms with E-state index >= 15 is 0 Å². The summed E-state index contributed by atoms with van der Waals surface area (Å²) in [6, 6.07) is 2.63. The lowest BCUT2D eigenvalue weighted by molar-refractivity contribution is 0.249. The van der Waals surface area contributed by atoms with Crippen LogP contribution in [0, 0.1) is 0 Å². The van der Waals surface area contributed by atoms with Gasteiger partial charge in [0.15, 0.2) is 5.96 Å². The van der Waals surface area contributed by atoms with Crippen molar-refractivity contribution in [2.75, 3.05) is 0 Å². The predicted octanol–water partition coefficient (Wildman–Crippen LogP) is -0.403. The first-order valence-electron chi connectivity index (χ1n) is 3.64. The Morgan fingerprint density at radius 1 is 1.57 bits per heavy atom. The summed E-state index contributed by atoms with van der Waals surface area (Å²) in [7, 11) is 0. The molecule has 0 atom stereocenters. The van der Waals surface area contributed by atoms with Crippen LogP contribution in [0.3, 0.4) is 0 Å². The van der Waals surface area contributed by atoms with E-state index in [1.807, 2.05) is 0 Å². The molecule has 0 spiro atoms. The molecule has 5 N–H and O–H groups in total. The third-order valence-corrected chi connectivity index (χ3v) is 1.13. The second-order valence-corrected chi connectivity index (χ2v) is 2.23. The Kier molecular flexibility index (Phi) is 3.25. The summed E-state index contributed by atoms with van der Waals surface area (Å²) in [6.45, 7) is 0. The quantitative estimate of drug-likeness (QED) is 0.337.